The van der Waals surface area contributed by atoms with E-state index in [2.05, 4.69) is 16.4 Å². The second-order valence-electron chi connectivity index (χ2n) is 7.94. The molecule has 0 bridgehead atoms. The molecule has 6 nitrogen and oxygen atoms in total. The normalized spacial score (nSPS) is 21.2. The number of rotatable bonds is 4. The second-order valence-corrected chi connectivity index (χ2v) is 9.17. The molecule has 152 valence electrons. The van der Waals surface area contributed by atoms with Crippen molar-refractivity contribution in [3.63, 3.8) is 0 Å². The molecule has 2 aromatic heterocycles. The Morgan fingerprint density at radius 1 is 1.07 bits per heavy atom. The van der Waals surface area contributed by atoms with Crippen molar-refractivity contribution in [3.05, 3.63) is 53.9 Å². The number of aromatic nitrogens is 3. The van der Waals surface area contributed by atoms with E-state index in [1.807, 2.05) is 42.2 Å². The van der Waals surface area contributed by atoms with Gasteiger partial charge in [-0.2, -0.15) is 0 Å². The average molecular weight is 419 g/mol. The van der Waals surface area contributed by atoms with Crippen molar-refractivity contribution >= 4 is 17.6 Å². The van der Waals surface area contributed by atoms with Gasteiger partial charge in [-0.25, -0.2) is 9.97 Å². The van der Waals surface area contributed by atoms with E-state index in [1.165, 1.54) is 31.2 Å². The summed E-state index contributed by atoms with van der Waals surface area (Å²) in [7, 11) is 0. The van der Waals surface area contributed by atoms with Crippen LogP contribution < -0.4 is 14.8 Å². The number of thioether (sulfide) groups is 1. The van der Waals surface area contributed by atoms with Crippen molar-refractivity contribution in [2.24, 2.45) is 0 Å². The van der Waals surface area contributed by atoms with Crippen LogP contribution in [0.4, 0.5) is 5.82 Å². The fourth-order valence-corrected chi connectivity index (χ4v) is 6.10. The van der Waals surface area contributed by atoms with Crippen LogP contribution in [0.3, 0.4) is 0 Å². The number of fused-ring (bicyclic) bond motifs is 4. The predicted octanol–water partition coefficient (Wildman–Crippen LogP) is 5.01. The lowest BCUT2D eigenvalue weighted by atomic mass is 9.84. The fraction of sp³-hybridized carbons (Fsp3) is 0.348. The van der Waals surface area contributed by atoms with Crippen LogP contribution in [0.5, 0.6) is 11.5 Å². The van der Waals surface area contributed by atoms with Gasteiger partial charge in [0.1, 0.15) is 10.8 Å². The summed E-state index contributed by atoms with van der Waals surface area (Å²) in [5, 5.41) is 5.37. The molecule has 2 atom stereocenters. The van der Waals surface area contributed by atoms with Crippen LogP contribution in [-0.2, 0) is 6.54 Å². The van der Waals surface area contributed by atoms with Gasteiger partial charge in [-0.15, -0.1) is 11.8 Å². The maximum atomic E-state index is 5.53. The first-order chi connectivity index (χ1) is 14.8. The second kappa shape index (κ2) is 7.47. The Morgan fingerprint density at radius 3 is 2.93 bits per heavy atom. The van der Waals surface area contributed by atoms with Crippen LogP contribution in [0.25, 0.3) is 11.4 Å². The predicted molar refractivity (Wildman–Crippen MR) is 116 cm³/mol. The van der Waals surface area contributed by atoms with Crippen LogP contribution in [0.15, 0.2) is 47.8 Å². The largest absolute Gasteiger partial charge is 0.454 e. The van der Waals surface area contributed by atoms with Gasteiger partial charge in [-0.1, -0.05) is 18.9 Å². The van der Waals surface area contributed by atoms with E-state index in [-0.39, 0.29) is 0 Å². The molecule has 3 aliphatic rings. The van der Waals surface area contributed by atoms with E-state index < -0.39 is 0 Å². The molecule has 0 saturated heterocycles. The number of nitrogens with one attached hydrogen (secondary N) is 1. The van der Waals surface area contributed by atoms with Crippen molar-refractivity contribution in [1.29, 1.82) is 0 Å². The highest BCUT2D eigenvalue weighted by atomic mass is 32.2. The summed E-state index contributed by atoms with van der Waals surface area (Å²) < 4.78 is 11.0. The number of hydrogen-bond acceptors (Lipinski definition) is 7. The maximum Gasteiger partial charge on any atom is 0.231 e. The van der Waals surface area contributed by atoms with E-state index in [4.69, 9.17) is 19.4 Å². The van der Waals surface area contributed by atoms with Gasteiger partial charge in [0.25, 0.3) is 0 Å². The molecule has 0 radical (unpaired) electrons. The molecule has 7 heteroatoms. The molecular formula is C23H22N4O2S. The third-order valence-electron chi connectivity index (χ3n) is 6.06. The van der Waals surface area contributed by atoms with Gasteiger partial charge in [0.15, 0.2) is 17.3 Å². The first-order valence-electron chi connectivity index (χ1n) is 10.5. The van der Waals surface area contributed by atoms with Gasteiger partial charge in [0.2, 0.25) is 6.79 Å². The zero-order chi connectivity index (χ0) is 19.9. The summed E-state index contributed by atoms with van der Waals surface area (Å²) in [6.45, 7) is 0.967. The zero-order valence-corrected chi connectivity index (χ0v) is 17.3. The standard InChI is InChI=1S/C23H22N4O2S/c1-2-6-19-16(5-1)20-22(25-11-14-7-8-17-18(10-14)29-13-28-17)26-21(27-23(20)30-19)15-4-3-9-24-12-15/h3-4,7-10,12,16,19H,1-2,5-6,11,13H2,(H,25,26,27). The van der Waals surface area contributed by atoms with Crippen molar-refractivity contribution < 1.29 is 9.47 Å². The molecule has 2 unspecified atom stereocenters. The molecule has 0 spiro atoms. The highest BCUT2D eigenvalue weighted by Gasteiger charge is 2.39. The number of pyridine rings is 1. The zero-order valence-electron chi connectivity index (χ0n) is 16.5. The molecule has 1 aromatic carbocycles. The van der Waals surface area contributed by atoms with E-state index in [9.17, 15) is 0 Å². The molecule has 0 amide bonds. The minimum absolute atomic E-state index is 0.292. The highest BCUT2D eigenvalue weighted by Crippen LogP contribution is 2.53. The first-order valence-corrected chi connectivity index (χ1v) is 11.3. The van der Waals surface area contributed by atoms with Gasteiger partial charge in [-0.05, 0) is 42.7 Å². The van der Waals surface area contributed by atoms with Gasteiger partial charge < -0.3 is 14.8 Å². The van der Waals surface area contributed by atoms with E-state index in [1.54, 1.807) is 6.20 Å². The van der Waals surface area contributed by atoms with Crippen LogP contribution in [0.2, 0.25) is 0 Å². The number of benzene rings is 1. The van der Waals surface area contributed by atoms with Crippen LogP contribution in [0.1, 0.15) is 42.7 Å². The van der Waals surface area contributed by atoms with Crippen molar-refractivity contribution in [2.75, 3.05) is 12.1 Å². The maximum absolute atomic E-state index is 5.53. The van der Waals surface area contributed by atoms with Gasteiger partial charge >= 0.3 is 0 Å². The number of ether oxygens (including phenoxy) is 2. The van der Waals surface area contributed by atoms with Gasteiger partial charge in [-0.3, -0.25) is 4.98 Å². The minimum Gasteiger partial charge on any atom is -0.454 e. The lowest BCUT2D eigenvalue weighted by Crippen LogP contribution is -2.17. The van der Waals surface area contributed by atoms with Crippen LogP contribution in [-0.4, -0.2) is 27.0 Å². The van der Waals surface area contributed by atoms with E-state index >= 15 is 0 Å². The monoisotopic (exact) mass is 418 g/mol. The molecule has 4 heterocycles. The van der Waals surface area contributed by atoms with Crippen molar-refractivity contribution in [2.45, 2.75) is 48.4 Å². The third-order valence-corrected chi connectivity index (χ3v) is 7.47. The lowest BCUT2D eigenvalue weighted by Gasteiger charge is -2.25. The lowest BCUT2D eigenvalue weighted by molar-refractivity contribution is 0.174. The quantitative estimate of drug-likeness (QED) is 0.597. The molecule has 6 rings (SSSR count). The third kappa shape index (κ3) is 3.17. The van der Waals surface area contributed by atoms with E-state index in [0.29, 0.717) is 24.5 Å². The minimum atomic E-state index is 0.292. The summed E-state index contributed by atoms with van der Waals surface area (Å²) in [6.07, 6.45) is 8.68. The summed E-state index contributed by atoms with van der Waals surface area (Å²) in [4.78, 5) is 14.2. The average Bonchev–Trinajstić information content (AvgIpc) is 3.41. The summed E-state index contributed by atoms with van der Waals surface area (Å²) >= 11 is 1.93. The number of anilines is 1. The van der Waals surface area contributed by atoms with E-state index in [0.717, 1.165) is 39.3 Å². The SMILES string of the molecule is c1cncc(-c2nc(NCc3ccc4c(c3)OCO4)c3c(n2)SC2CCCCC32)c1. The van der Waals surface area contributed by atoms with Crippen LogP contribution >= 0.6 is 11.8 Å². The topological polar surface area (TPSA) is 69.2 Å². The Balaban J connectivity index is 1.35. The van der Waals surface area contributed by atoms with Crippen LogP contribution in [0, 0.1) is 0 Å². The molecule has 1 fully saturated rings. The number of nitrogens with zero attached hydrogens (tertiary/aromatic N) is 3. The fourth-order valence-electron chi connectivity index (χ4n) is 4.58. The molecule has 1 saturated carbocycles. The molecule has 1 N–H and O–H groups in total. The van der Waals surface area contributed by atoms with Crippen molar-refractivity contribution in [3.8, 4) is 22.9 Å². The molecular weight excluding hydrogens is 396 g/mol. The number of hydrogen-bond donors (Lipinski definition) is 1. The Morgan fingerprint density at radius 2 is 2.00 bits per heavy atom. The Hall–Kier alpha value is -2.80. The van der Waals surface area contributed by atoms with Crippen molar-refractivity contribution in [1.82, 2.24) is 15.0 Å². The Kier molecular flexibility index (Phi) is 4.48. The van der Waals surface area contributed by atoms with Gasteiger partial charge in [0, 0.05) is 41.2 Å². The molecule has 30 heavy (non-hydrogen) atoms. The summed E-state index contributed by atoms with van der Waals surface area (Å²) in [5.41, 5.74) is 3.39. The molecule has 3 aromatic rings. The molecule has 2 aliphatic heterocycles. The molecule has 1 aliphatic carbocycles. The van der Waals surface area contributed by atoms with Gasteiger partial charge in [0.05, 0.1) is 0 Å². The smallest absolute Gasteiger partial charge is 0.231 e. The summed E-state index contributed by atoms with van der Waals surface area (Å²) in [6, 6.07) is 10.0. The Labute approximate surface area is 179 Å². The highest BCUT2D eigenvalue weighted by molar-refractivity contribution is 8.00. The first kappa shape index (κ1) is 18.0. The summed E-state index contributed by atoms with van der Waals surface area (Å²) in [5.74, 6) is 3.85. The Bertz CT molecular complexity index is 1090.